The fraction of sp³-hybridized carbons (Fsp3) is 0.333. The molecule has 0 radical (unpaired) electrons. The molecule has 1 heterocycles. The van der Waals surface area contributed by atoms with Crippen molar-refractivity contribution in [2.75, 3.05) is 13.7 Å². The average Bonchev–Trinajstić information content (AvgIpc) is 2.61. The van der Waals surface area contributed by atoms with Crippen molar-refractivity contribution in [1.29, 1.82) is 0 Å². The first-order valence-electron chi connectivity index (χ1n) is 7.76. The molecule has 0 aliphatic rings. The number of methoxy groups -OCH3 is 1. The van der Waals surface area contributed by atoms with E-state index in [2.05, 4.69) is 4.98 Å². The Labute approximate surface area is 144 Å². The van der Waals surface area contributed by atoms with Gasteiger partial charge in [-0.2, -0.15) is 13.2 Å². The van der Waals surface area contributed by atoms with Gasteiger partial charge in [0.25, 0.3) is 5.91 Å². The standard InChI is InChI=1S/C18H19F3N2O2/c1-4-23(12(2)13-6-5-7-15(10-13)25-3)17(24)14-8-9-16(22-11-14)18(19,20)21/h5-12H,4H2,1-3H3. The van der Waals surface area contributed by atoms with Crippen LogP contribution in [0.4, 0.5) is 13.2 Å². The lowest BCUT2D eigenvalue weighted by Crippen LogP contribution is -2.33. The second-order valence-electron chi connectivity index (χ2n) is 5.47. The van der Waals surface area contributed by atoms with Gasteiger partial charge in [0, 0.05) is 12.7 Å². The molecule has 2 rings (SSSR count). The van der Waals surface area contributed by atoms with E-state index in [0.29, 0.717) is 12.3 Å². The normalized spacial score (nSPS) is 12.6. The summed E-state index contributed by atoms with van der Waals surface area (Å²) >= 11 is 0. The zero-order valence-electron chi connectivity index (χ0n) is 14.2. The van der Waals surface area contributed by atoms with Gasteiger partial charge in [0.2, 0.25) is 0 Å². The number of halogens is 3. The third-order valence-electron chi connectivity index (χ3n) is 3.95. The first-order valence-corrected chi connectivity index (χ1v) is 7.76. The SMILES string of the molecule is CCN(C(=O)c1ccc(C(F)(F)F)nc1)C(C)c1cccc(OC)c1. The van der Waals surface area contributed by atoms with Crippen molar-refractivity contribution in [2.45, 2.75) is 26.1 Å². The van der Waals surface area contributed by atoms with Gasteiger partial charge in [-0.25, -0.2) is 0 Å². The van der Waals surface area contributed by atoms with Crippen LogP contribution in [0.2, 0.25) is 0 Å². The van der Waals surface area contributed by atoms with E-state index in [1.807, 2.05) is 32.0 Å². The van der Waals surface area contributed by atoms with E-state index < -0.39 is 11.9 Å². The molecule has 0 bridgehead atoms. The molecule has 134 valence electrons. The molecule has 0 spiro atoms. The molecule has 2 aromatic rings. The molecule has 4 nitrogen and oxygen atoms in total. The first-order chi connectivity index (χ1) is 11.8. The Kier molecular flexibility index (Phi) is 5.66. The average molecular weight is 352 g/mol. The molecule has 1 unspecified atom stereocenters. The van der Waals surface area contributed by atoms with Gasteiger partial charge in [-0.05, 0) is 43.7 Å². The molecule has 0 saturated carbocycles. The van der Waals surface area contributed by atoms with Crippen LogP contribution in [-0.2, 0) is 6.18 Å². The summed E-state index contributed by atoms with van der Waals surface area (Å²) in [5.74, 6) is 0.295. The Hall–Kier alpha value is -2.57. The maximum atomic E-state index is 12.7. The van der Waals surface area contributed by atoms with Gasteiger partial charge < -0.3 is 9.64 Å². The molecule has 1 aromatic heterocycles. The summed E-state index contributed by atoms with van der Waals surface area (Å²) in [4.78, 5) is 17.6. The van der Waals surface area contributed by atoms with Crippen LogP contribution in [0.5, 0.6) is 5.75 Å². The van der Waals surface area contributed by atoms with Gasteiger partial charge in [0.1, 0.15) is 11.4 Å². The van der Waals surface area contributed by atoms with E-state index in [1.165, 1.54) is 0 Å². The van der Waals surface area contributed by atoms with Crippen LogP contribution in [0.3, 0.4) is 0 Å². The quantitative estimate of drug-likeness (QED) is 0.804. The number of nitrogens with zero attached hydrogens (tertiary/aromatic N) is 2. The summed E-state index contributed by atoms with van der Waals surface area (Å²) in [6.45, 7) is 4.07. The maximum absolute atomic E-state index is 12.7. The van der Waals surface area contributed by atoms with Crippen molar-refractivity contribution in [3.8, 4) is 5.75 Å². The zero-order chi connectivity index (χ0) is 18.6. The minimum absolute atomic E-state index is 0.115. The third kappa shape index (κ3) is 4.29. The van der Waals surface area contributed by atoms with Crippen LogP contribution in [0.15, 0.2) is 42.6 Å². The number of carbonyl (C=O) groups is 1. The van der Waals surface area contributed by atoms with Crippen LogP contribution in [0, 0.1) is 0 Å². The molecule has 0 aliphatic heterocycles. The smallest absolute Gasteiger partial charge is 0.433 e. The van der Waals surface area contributed by atoms with Crippen molar-refractivity contribution < 1.29 is 22.7 Å². The highest BCUT2D eigenvalue weighted by Gasteiger charge is 2.32. The topological polar surface area (TPSA) is 42.4 Å². The Balaban J connectivity index is 2.25. The lowest BCUT2D eigenvalue weighted by Gasteiger charge is -2.28. The van der Waals surface area contributed by atoms with Crippen LogP contribution in [0.25, 0.3) is 0 Å². The molecule has 25 heavy (non-hydrogen) atoms. The predicted molar refractivity (Wildman–Crippen MR) is 87.4 cm³/mol. The lowest BCUT2D eigenvalue weighted by molar-refractivity contribution is -0.141. The molecule has 1 amide bonds. The second-order valence-corrected chi connectivity index (χ2v) is 5.47. The summed E-state index contributed by atoms with van der Waals surface area (Å²) in [6, 6.07) is 9.02. The molecule has 7 heteroatoms. The summed E-state index contributed by atoms with van der Waals surface area (Å²) in [5.41, 5.74) is -0.0352. The number of pyridine rings is 1. The van der Waals surface area contributed by atoms with Crippen molar-refractivity contribution >= 4 is 5.91 Å². The van der Waals surface area contributed by atoms with Crippen LogP contribution < -0.4 is 4.74 Å². The van der Waals surface area contributed by atoms with Gasteiger partial charge in [0.05, 0.1) is 18.7 Å². The van der Waals surface area contributed by atoms with Gasteiger partial charge in [-0.1, -0.05) is 12.1 Å². The van der Waals surface area contributed by atoms with E-state index in [-0.39, 0.29) is 17.5 Å². The van der Waals surface area contributed by atoms with Crippen molar-refractivity contribution in [2.24, 2.45) is 0 Å². The number of aromatic nitrogens is 1. The van der Waals surface area contributed by atoms with Crippen molar-refractivity contribution in [3.05, 3.63) is 59.4 Å². The molecule has 1 atom stereocenters. The highest BCUT2D eigenvalue weighted by Crippen LogP contribution is 2.28. The van der Waals surface area contributed by atoms with E-state index in [4.69, 9.17) is 4.74 Å². The van der Waals surface area contributed by atoms with Crippen LogP contribution in [0.1, 0.15) is 41.5 Å². The van der Waals surface area contributed by atoms with E-state index in [1.54, 1.807) is 18.1 Å². The molecule has 0 fully saturated rings. The van der Waals surface area contributed by atoms with Crippen LogP contribution >= 0.6 is 0 Å². The zero-order valence-corrected chi connectivity index (χ0v) is 14.2. The summed E-state index contributed by atoms with van der Waals surface area (Å²) < 4.78 is 43.0. The molecule has 0 N–H and O–H groups in total. The fourth-order valence-electron chi connectivity index (χ4n) is 2.53. The van der Waals surface area contributed by atoms with E-state index in [9.17, 15) is 18.0 Å². The number of hydrogen-bond donors (Lipinski definition) is 0. The maximum Gasteiger partial charge on any atom is 0.433 e. The lowest BCUT2D eigenvalue weighted by atomic mass is 10.1. The minimum Gasteiger partial charge on any atom is -0.497 e. The Bertz CT molecular complexity index is 730. The Morgan fingerprint density at radius 3 is 2.52 bits per heavy atom. The number of amides is 1. The summed E-state index contributed by atoms with van der Waals surface area (Å²) in [6.07, 6.45) is -3.56. The molecular weight excluding hydrogens is 333 g/mol. The second kappa shape index (κ2) is 7.55. The number of benzene rings is 1. The van der Waals surface area contributed by atoms with Crippen molar-refractivity contribution in [3.63, 3.8) is 0 Å². The highest BCUT2D eigenvalue weighted by molar-refractivity contribution is 5.94. The predicted octanol–water partition coefficient (Wildman–Crippen LogP) is 4.33. The van der Waals surface area contributed by atoms with Gasteiger partial charge >= 0.3 is 6.18 Å². The van der Waals surface area contributed by atoms with Crippen molar-refractivity contribution in [1.82, 2.24) is 9.88 Å². The third-order valence-corrected chi connectivity index (χ3v) is 3.95. The first kappa shape index (κ1) is 18.8. The fourth-order valence-corrected chi connectivity index (χ4v) is 2.53. The number of hydrogen-bond acceptors (Lipinski definition) is 3. The highest BCUT2D eigenvalue weighted by atomic mass is 19.4. The van der Waals surface area contributed by atoms with Gasteiger partial charge in [0.15, 0.2) is 0 Å². The van der Waals surface area contributed by atoms with Gasteiger partial charge in [-0.3, -0.25) is 9.78 Å². The van der Waals surface area contributed by atoms with Gasteiger partial charge in [-0.15, -0.1) is 0 Å². The molecular formula is C18H19F3N2O2. The Morgan fingerprint density at radius 1 is 1.28 bits per heavy atom. The van der Waals surface area contributed by atoms with Crippen LogP contribution in [-0.4, -0.2) is 29.4 Å². The van der Waals surface area contributed by atoms with E-state index >= 15 is 0 Å². The minimum atomic E-state index is -4.53. The molecule has 1 aromatic carbocycles. The number of carbonyl (C=O) groups excluding carboxylic acids is 1. The monoisotopic (exact) mass is 352 g/mol. The Morgan fingerprint density at radius 2 is 2.00 bits per heavy atom. The largest absolute Gasteiger partial charge is 0.497 e. The number of alkyl halides is 3. The molecule has 0 aliphatic carbocycles. The number of rotatable bonds is 5. The summed E-state index contributed by atoms with van der Waals surface area (Å²) in [7, 11) is 1.56. The summed E-state index contributed by atoms with van der Waals surface area (Å²) in [5, 5.41) is 0. The molecule has 0 saturated heterocycles. The van der Waals surface area contributed by atoms with E-state index in [0.717, 1.165) is 23.9 Å². The number of ether oxygens (including phenoxy) is 1.